The van der Waals surface area contributed by atoms with Gasteiger partial charge in [0, 0.05) is 19.3 Å². The van der Waals surface area contributed by atoms with Gasteiger partial charge >= 0.3 is 17.9 Å². The molecule has 0 aliphatic heterocycles. The van der Waals surface area contributed by atoms with Crippen LogP contribution in [0.1, 0.15) is 239 Å². The third-order valence-electron chi connectivity index (χ3n) is 11.1. The summed E-state index contributed by atoms with van der Waals surface area (Å²) in [6.07, 6.45) is 69.8. The Balaban J connectivity index is 4.34. The Bertz CT molecular complexity index is 1310. The maximum absolute atomic E-state index is 12.8. The van der Waals surface area contributed by atoms with Gasteiger partial charge in [-0.05, 0) is 103 Å². The summed E-state index contributed by atoms with van der Waals surface area (Å²) in [5.74, 6) is -0.950. The van der Waals surface area contributed by atoms with E-state index in [0.717, 1.165) is 116 Å². The molecule has 0 saturated carbocycles. The number of allylic oxidation sites excluding steroid dienone is 16. The third kappa shape index (κ3) is 51.2. The van der Waals surface area contributed by atoms with Crippen LogP contribution in [0.25, 0.3) is 0 Å². The van der Waals surface area contributed by atoms with E-state index in [9.17, 15) is 14.4 Å². The fraction of sp³-hybridized carbons (Fsp3) is 0.678. The Kier molecular flexibility index (Phi) is 50.0. The maximum Gasteiger partial charge on any atom is 0.306 e. The molecule has 0 heterocycles. The number of rotatable bonds is 47. The zero-order valence-electron chi connectivity index (χ0n) is 42.2. The molecule has 0 bridgehead atoms. The lowest BCUT2D eigenvalue weighted by molar-refractivity contribution is -0.167. The van der Waals surface area contributed by atoms with Gasteiger partial charge in [0.05, 0.1) is 0 Å². The van der Waals surface area contributed by atoms with Gasteiger partial charge in [0.2, 0.25) is 0 Å². The quantitative estimate of drug-likeness (QED) is 0.0262. The summed E-state index contributed by atoms with van der Waals surface area (Å²) >= 11 is 0. The highest BCUT2D eigenvalue weighted by Crippen LogP contribution is 2.13. The minimum absolute atomic E-state index is 0.0960. The minimum atomic E-state index is -0.798. The number of hydrogen-bond acceptors (Lipinski definition) is 6. The second-order valence-corrected chi connectivity index (χ2v) is 17.4. The van der Waals surface area contributed by atoms with Crippen LogP contribution in [-0.2, 0) is 28.6 Å². The molecule has 0 aliphatic rings. The van der Waals surface area contributed by atoms with E-state index < -0.39 is 6.10 Å². The number of carbonyl (C=O) groups excluding carboxylic acids is 3. The highest BCUT2D eigenvalue weighted by molar-refractivity contribution is 5.71. The van der Waals surface area contributed by atoms with Crippen LogP contribution in [0.2, 0.25) is 0 Å². The number of carbonyl (C=O) groups is 3. The highest BCUT2D eigenvalue weighted by Gasteiger charge is 2.19. The molecule has 6 heteroatoms. The lowest BCUT2D eigenvalue weighted by Crippen LogP contribution is -2.30. The standard InChI is InChI=1S/C59H98O6/c1-4-7-10-13-16-18-20-22-24-26-28-29-31-32-34-36-38-40-43-46-49-52-58(61)64-55-56(54-63-57(60)51-48-45-42-15-12-9-6-3)65-59(62)53-50-47-44-41-39-37-35-33-30-27-25-23-21-19-17-14-11-8-5-2/h8,11,17,19-20,22-23,25-26,28,30-33,37,39,56H,4-7,9-10,12-16,18,21,24,27,29,34-36,38,40-55H2,1-3H3/b11-8-,19-17-,22-20-,25-23-,28-26-,32-31-,33-30-,39-37-. The van der Waals surface area contributed by atoms with E-state index in [0.29, 0.717) is 12.8 Å². The second-order valence-electron chi connectivity index (χ2n) is 17.4. The Morgan fingerprint density at radius 3 is 0.954 bits per heavy atom. The Morgan fingerprint density at radius 2 is 0.600 bits per heavy atom. The van der Waals surface area contributed by atoms with Crippen LogP contribution < -0.4 is 0 Å². The van der Waals surface area contributed by atoms with Gasteiger partial charge in [-0.25, -0.2) is 0 Å². The molecule has 1 atom stereocenters. The predicted molar refractivity (Wildman–Crippen MR) is 279 cm³/mol. The van der Waals surface area contributed by atoms with Gasteiger partial charge < -0.3 is 14.2 Å². The summed E-state index contributed by atoms with van der Waals surface area (Å²) in [7, 11) is 0. The summed E-state index contributed by atoms with van der Waals surface area (Å²) in [5, 5.41) is 0. The molecular formula is C59H98O6. The van der Waals surface area contributed by atoms with Crippen LogP contribution in [-0.4, -0.2) is 37.2 Å². The third-order valence-corrected chi connectivity index (χ3v) is 11.1. The van der Waals surface area contributed by atoms with Crippen LogP contribution in [0.3, 0.4) is 0 Å². The molecule has 0 amide bonds. The summed E-state index contributed by atoms with van der Waals surface area (Å²) in [6, 6.07) is 0. The number of hydrogen-bond donors (Lipinski definition) is 0. The van der Waals surface area contributed by atoms with Crippen molar-refractivity contribution < 1.29 is 28.6 Å². The first-order valence-corrected chi connectivity index (χ1v) is 26.7. The van der Waals surface area contributed by atoms with Gasteiger partial charge in [0.25, 0.3) is 0 Å². The highest BCUT2D eigenvalue weighted by atomic mass is 16.6. The van der Waals surface area contributed by atoms with E-state index in [-0.39, 0.29) is 37.5 Å². The second kappa shape index (κ2) is 52.9. The van der Waals surface area contributed by atoms with E-state index in [1.54, 1.807) is 0 Å². The molecule has 370 valence electrons. The normalized spacial score (nSPS) is 12.8. The van der Waals surface area contributed by atoms with Crippen molar-refractivity contribution in [2.75, 3.05) is 13.2 Å². The lowest BCUT2D eigenvalue weighted by Gasteiger charge is -2.18. The number of esters is 3. The maximum atomic E-state index is 12.8. The van der Waals surface area contributed by atoms with E-state index in [1.165, 1.54) is 83.5 Å². The minimum Gasteiger partial charge on any atom is -0.462 e. The number of ether oxygens (including phenoxy) is 3. The monoisotopic (exact) mass is 903 g/mol. The van der Waals surface area contributed by atoms with Gasteiger partial charge in [-0.3, -0.25) is 14.4 Å². The van der Waals surface area contributed by atoms with Gasteiger partial charge in [0.1, 0.15) is 13.2 Å². The summed E-state index contributed by atoms with van der Waals surface area (Å²) in [4.78, 5) is 37.9. The van der Waals surface area contributed by atoms with Gasteiger partial charge in [-0.2, -0.15) is 0 Å². The van der Waals surface area contributed by atoms with E-state index in [2.05, 4.69) is 118 Å². The molecule has 0 aliphatic carbocycles. The summed E-state index contributed by atoms with van der Waals surface area (Å²) in [6.45, 7) is 6.42. The SMILES string of the molecule is CC/C=C\C/C=C\C/C=C\C/C=C\C/C=C\CCCCCC(=O)OC(COC(=O)CCCCCCCCC)COC(=O)CCCCCCCC/C=C\C/C=C\C/C=C\CCCCCCC. The summed E-state index contributed by atoms with van der Waals surface area (Å²) in [5.41, 5.74) is 0. The Morgan fingerprint density at radius 1 is 0.323 bits per heavy atom. The molecule has 0 rings (SSSR count). The van der Waals surface area contributed by atoms with Crippen LogP contribution in [0.4, 0.5) is 0 Å². The fourth-order valence-electron chi connectivity index (χ4n) is 7.06. The molecule has 0 saturated heterocycles. The Labute approximate surface area is 400 Å². The molecule has 1 unspecified atom stereocenters. The van der Waals surface area contributed by atoms with Crippen molar-refractivity contribution in [3.05, 3.63) is 97.2 Å². The van der Waals surface area contributed by atoms with Gasteiger partial charge in [-0.1, -0.05) is 214 Å². The molecule has 0 N–H and O–H groups in total. The molecule has 0 radical (unpaired) electrons. The largest absolute Gasteiger partial charge is 0.462 e. The summed E-state index contributed by atoms with van der Waals surface area (Å²) < 4.78 is 16.7. The fourth-order valence-corrected chi connectivity index (χ4v) is 7.06. The van der Waals surface area contributed by atoms with E-state index in [1.807, 2.05) is 0 Å². The van der Waals surface area contributed by atoms with Crippen molar-refractivity contribution in [2.45, 2.75) is 245 Å². The molecule has 0 fully saturated rings. The number of unbranched alkanes of at least 4 members (excludes halogenated alkanes) is 20. The van der Waals surface area contributed by atoms with Crippen molar-refractivity contribution in [1.29, 1.82) is 0 Å². The smallest absolute Gasteiger partial charge is 0.306 e. The predicted octanol–water partition coefficient (Wildman–Crippen LogP) is 17.8. The zero-order chi connectivity index (χ0) is 47.2. The van der Waals surface area contributed by atoms with Crippen LogP contribution in [0.15, 0.2) is 97.2 Å². The van der Waals surface area contributed by atoms with Crippen molar-refractivity contribution >= 4 is 17.9 Å². The molecule has 65 heavy (non-hydrogen) atoms. The molecule has 0 aromatic carbocycles. The molecule has 0 aromatic rings. The first-order valence-electron chi connectivity index (χ1n) is 26.7. The van der Waals surface area contributed by atoms with Gasteiger partial charge in [0.15, 0.2) is 6.10 Å². The molecule has 0 aromatic heterocycles. The van der Waals surface area contributed by atoms with Crippen molar-refractivity contribution in [3.8, 4) is 0 Å². The van der Waals surface area contributed by atoms with Crippen LogP contribution in [0, 0.1) is 0 Å². The van der Waals surface area contributed by atoms with Crippen molar-refractivity contribution in [1.82, 2.24) is 0 Å². The van der Waals surface area contributed by atoms with Crippen molar-refractivity contribution in [3.63, 3.8) is 0 Å². The van der Waals surface area contributed by atoms with E-state index >= 15 is 0 Å². The lowest BCUT2D eigenvalue weighted by atomic mass is 10.1. The average molecular weight is 903 g/mol. The van der Waals surface area contributed by atoms with Crippen LogP contribution >= 0.6 is 0 Å². The molecule has 0 spiro atoms. The average Bonchev–Trinajstić information content (AvgIpc) is 3.30. The zero-order valence-corrected chi connectivity index (χ0v) is 42.2. The van der Waals surface area contributed by atoms with Crippen molar-refractivity contribution in [2.24, 2.45) is 0 Å². The first-order chi connectivity index (χ1) is 32.0. The molecular weight excluding hydrogens is 805 g/mol. The van der Waals surface area contributed by atoms with E-state index in [4.69, 9.17) is 14.2 Å². The van der Waals surface area contributed by atoms with Gasteiger partial charge in [-0.15, -0.1) is 0 Å². The molecule has 6 nitrogen and oxygen atoms in total. The Hall–Kier alpha value is -3.67. The van der Waals surface area contributed by atoms with Crippen LogP contribution in [0.5, 0.6) is 0 Å². The first kappa shape index (κ1) is 61.3. The topological polar surface area (TPSA) is 78.9 Å².